The fraction of sp³-hybridized carbons (Fsp3) is 0.545. The van der Waals surface area contributed by atoms with Crippen LogP contribution in [0, 0.1) is 11.8 Å². The molecular weight excluding hydrogens is 677 g/mol. The molecule has 2 saturated carbocycles. The van der Waals surface area contributed by atoms with E-state index in [0.717, 1.165) is 75.0 Å². The van der Waals surface area contributed by atoms with Gasteiger partial charge in [-0.1, -0.05) is 162 Å². The van der Waals surface area contributed by atoms with Crippen molar-refractivity contribution in [3.8, 4) is 22.3 Å². The smallest absolute Gasteiger partial charge is 0.132 e. The van der Waals surface area contributed by atoms with E-state index in [1.54, 1.807) is 0 Å². The molecule has 56 heavy (non-hydrogen) atoms. The second kappa shape index (κ2) is 23.1. The van der Waals surface area contributed by atoms with E-state index >= 15 is 0 Å². The Hall–Kier alpha value is -3.45. The molecule has 300 valence electrons. The lowest BCUT2D eigenvalue weighted by molar-refractivity contribution is -0.119. The van der Waals surface area contributed by atoms with Gasteiger partial charge in [-0.25, -0.2) is 0 Å². The minimum atomic E-state index is 0.433. The van der Waals surface area contributed by atoms with Crippen molar-refractivity contribution in [3.63, 3.8) is 0 Å². The maximum absolute atomic E-state index is 12.6. The Balaban J connectivity index is 0.818. The zero-order valence-corrected chi connectivity index (χ0v) is 35.4. The number of carbonyl (C=O) groups excluding carboxylic acids is 1. The molecule has 2 aliphatic carbocycles. The Labute approximate surface area is 342 Å². The maximum atomic E-state index is 12.6. The lowest BCUT2D eigenvalue weighted by atomic mass is 9.77. The quantitative estimate of drug-likeness (QED) is 0.0731. The van der Waals surface area contributed by atoms with Crippen molar-refractivity contribution in [3.05, 3.63) is 119 Å². The molecule has 0 aromatic heterocycles. The molecule has 0 saturated heterocycles. The van der Waals surface area contributed by atoms with Gasteiger partial charge in [-0.2, -0.15) is 0 Å². The van der Waals surface area contributed by atoms with Gasteiger partial charge in [0.1, 0.15) is 5.78 Å². The monoisotopic (exact) mass is 751 g/mol. The van der Waals surface area contributed by atoms with Crippen LogP contribution in [0.4, 0.5) is 0 Å². The molecule has 0 bridgehead atoms. The number of hydrogen-bond donors (Lipinski definition) is 0. The SMILES string of the molecule is CCCCCC1CCC(c2ccc(-c3ccc(CCCCC(=O)CCCCc4ccc(-c5ccc([C@H]6CC[C@H](CCCCC)CC6)cc5)cc4)cc3)cc2)CC1. The Morgan fingerprint density at radius 1 is 0.411 bits per heavy atom. The third-order valence-electron chi connectivity index (χ3n) is 13.8. The molecule has 2 aliphatic rings. The first-order valence-electron chi connectivity index (χ1n) is 23.5. The summed E-state index contributed by atoms with van der Waals surface area (Å²) in [6.07, 6.45) is 30.0. The molecule has 0 N–H and O–H groups in total. The molecule has 6 rings (SSSR count). The maximum Gasteiger partial charge on any atom is 0.132 e. The zero-order chi connectivity index (χ0) is 38.8. The number of aryl methyl sites for hydroxylation is 2. The van der Waals surface area contributed by atoms with Gasteiger partial charge in [0.2, 0.25) is 0 Å². The van der Waals surface area contributed by atoms with E-state index in [1.165, 1.54) is 147 Å². The van der Waals surface area contributed by atoms with Crippen LogP contribution in [0.15, 0.2) is 97.1 Å². The van der Waals surface area contributed by atoms with E-state index in [4.69, 9.17) is 0 Å². The van der Waals surface area contributed by atoms with Crippen LogP contribution in [0.5, 0.6) is 0 Å². The zero-order valence-electron chi connectivity index (χ0n) is 35.4. The van der Waals surface area contributed by atoms with Gasteiger partial charge in [0, 0.05) is 12.8 Å². The molecule has 0 unspecified atom stereocenters. The highest BCUT2D eigenvalue weighted by Crippen LogP contribution is 2.40. The number of carbonyl (C=O) groups is 1. The highest BCUT2D eigenvalue weighted by molar-refractivity contribution is 5.78. The predicted molar refractivity (Wildman–Crippen MR) is 242 cm³/mol. The lowest BCUT2D eigenvalue weighted by Crippen LogP contribution is -2.13. The van der Waals surface area contributed by atoms with Gasteiger partial charge in [0.05, 0.1) is 0 Å². The normalized spacial score (nSPS) is 19.9. The minimum Gasteiger partial charge on any atom is -0.300 e. The van der Waals surface area contributed by atoms with E-state index in [-0.39, 0.29) is 0 Å². The first-order chi connectivity index (χ1) is 27.6. The second-order valence-electron chi connectivity index (χ2n) is 18.0. The molecule has 0 radical (unpaired) electrons. The van der Waals surface area contributed by atoms with E-state index < -0.39 is 0 Å². The summed E-state index contributed by atoms with van der Waals surface area (Å²) in [7, 11) is 0. The Morgan fingerprint density at radius 3 is 1.09 bits per heavy atom. The largest absolute Gasteiger partial charge is 0.300 e. The van der Waals surface area contributed by atoms with Crippen LogP contribution in [0.25, 0.3) is 22.3 Å². The second-order valence-corrected chi connectivity index (χ2v) is 18.0. The van der Waals surface area contributed by atoms with Gasteiger partial charge in [-0.15, -0.1) is 0 Å². The van der Waals surface area contributed by atoms with E-state index in [9.17, 15) is 4.79 Å². The highest BCUT2D eigenvalue weighted by atomic mass is 16.1. The Bertz CT molecular complexity index is 1540. The average Bonchev–Trinajstić information content (AvgIpc) is 3.25. The number of benzene rings is 4. The third-order valence-corrected chi connectivity index (χ3v) is 13.8. The first-order valence-corrected chi connectivity index (χ1v) is 23.5. The molecule has 0 amide bonds. The van der Waals surface area contributed by atoms with E-state index in [1.807, 2.05) is 0 Å². The molecule has 1 heteroatoms. The van der Waals surface area contributed by atoms with Crippen LogP contribution < -0.4 is 0 Å². The lowest BCUT2D eigenvalue weighted by Gasteiger charge is -2.29. The molecule has 0 heterocycles. The number of rotatable bonds is 22. The molecule has 0 atom stereocenters. The average molecular weight is 751 g/mol. The van der Waals surface area contributed by atoms with Crippen LogP contribution in [0.1, 0.15) is 189 Å². The fourth-order valence-electron chi connectivity index (χ4n) is 9.99. The molecule has 0 aliphatic heterocycles. The summed E-state index contributed by atoms with van der Waals surface area (Å²) in [5.41, 5.74) is 11.1. The standard InChI is InChI=1S/C55H74O/c1-3-5-7-13-43-19-27-47(28-20-43)51-35-39-53(40-36-51)49-31-23-45(24-32-49)15-9-11-17-55(56)18-12-10-16-46-25-33-50(34-26-46)54-41-37-52(38-42-54)48-29-21-44(22-30-48)14-8-6-4-2/h23-26,31-44,47-48H,3-22,27-30H2,1-2H3/t43-,44?,47-,48?. The molecular formula is C55H74O. The summed E-state index contributed by atoms with van der Waals surface area (Å²) in [6, 6.07) is 37.1. The third kappa shape index (κ3) is 13.3. The summed E-state index contributed by atoms with van der Waals surface area (Å²) < 4.78 is 0. The number of Topliss-reactive ketones (excluding diaryl/α,β-unsaturated/α-hetero) is 1. The van der Waals surface area contributed by atoms with Crippen molar-refractivity contribution in [2.75, 3.05) is 0 Å². The topological polar surface area (TPSA) is 17.1 Å². The van der Waals surface area contributed by atoms with Gasteiger partial charge in [-0.05, 0) is 158 Å². The van der Waals surface area contributed by atoms with Gasteiger partial charge in [0.25, 0.3) is 0 Å². The first kappa shape index (κ1) is 42.2. The summed E-state index contributed by atoms with van der Waals surface area (Å²) in [4.78, 5) is 12.6. The summed E-state index contributed by atoms with van der Waals surface area (Å²) in [5, 5.41) is 0. The Kier molecular flexibility index (Phi) is 17.4. The number of hydrogen-bond acceptors (Lipinski definition) is 1. The highest BCUT2D eigenvalue weighted by Gasteiger charge is 2.23. The number of unbranched alkanes of at least 4 members (excludes halogenated alkanes) is 6. The van der Waals surface area contributed by atoms with Crippen molar-refractivity contribution in [2.24, 2.45) is 11.8 Å². The molecule has 4 aromatic carbocycles. The Morgan fingerprint density at radius 2 is 0.750 bits per heavy atom. The van der Waals surface area contributed by atoms with E-state index in [0.29, 0.717) is 5.78 Å². The molecule has 1 nitrogen and oxygen atoms in total. The van der Waals surface area contributed by atoms with Crippen LogP contribution in [-0.2, 0) is 17.6 Å². The summed E-state index contributed by atoms with van der Waals surface area (Å²) in [6.45, 7) is 4.62. The summed E-state index contributed by atoms with van der Waals surface area (Å²) >= 11 is 0. The summed E-state index contributed by atoms with van der Waals surface area (Å²) in [5.74, 6) is 3.86. The van der Waals surface area contributed by atoms with Gasteiger partial charge in [0.15, 0.2) is 0 Å². The fourth-order valence-corrected chi connectivity index (χ4v) is 9.99. The van der Waals surface area contributed by atoms with Gasteiger partial charge < -0.3 is 0 Å². The van der Waals surface area contributed by atoms with Crippen molar-refractivity contribution >= 4 is 5.78 Å². The van der Waals surface area contributed by atoms with Crippen LogP contribution in [-0.4, -0.2) is 5.78 Å². The molecule has 4 aromatic rings. The predicted octanol–water partition coefficient (Wildman–Crippen LogP) is 16.4. The van der Waals surface area contributed by atoms with Gasteiger partial charge >= 0.3 is 0 Å². The van der Waals surface area contributed by atoms with Crippen LogP contribution in [0.3, 0.4) is 0 Å². The van der Waals surface area contributed by atoms with Crippen LogP contribution in [0.2, 0.25) is 0 Å². The van der Waals surface area contributed by atoms with Crippen molar-refractivity contribution in [2.45, 2.75) is 180 Å². The van der Waals surface area contributed by atoms with E-state index in [2.05, 4.69) is 111 Å². The number of ketones is 1. The van der Waals surface area contributed by atoms with Crippen LogP contribution >= 0.6 is 0 Å². The minimum absolute atomic E-state index is 0.433. The molecule has 0 spiro atoms. The van der Waals surface area contributed by atoms with Crippen molar-refractivity contribution in [1.82, 2.24) is 0 Å². The van der Waals surface area contributed by atoms with Crippen molar-refractivity contribution < 1.29 is 4.79 Å². The van der Waals surface area contributed by atoms with Crippen molar-refractivity contribution in [1.29, 1.82) is 0 Å². The molecule has 2 fully saturated rings. The van der Waals surface area contributed by atoms with Gasteiger partial charge in [-0.3, -0.25) is 4.79 Å².